The van der Waals surface area contributed by atoms with Gasteiger partial charge in [0, 0.05) is 42.2 Å². The lowest BCUT2D eigenvalue weighted by molar-refractivity contribution is -0.984. The Morgan fingerprint density at radius 2 is 1.24 bits per heavy atom. The summed E-state index contributed by atoms with van der Waals surface area (Å²) in [5, 5.41) is 10.1. The summed E-state index contributed by atoms with van der Waals surface area (Å²) in [6.45, 7) is 3.07. The minimum Gasteiger partial charge on any atom is -0.497 e. The molecule has 0 saturated carbocycles. The first-order chi connectivity index (χ1) is 33.5. The van der Waals surface area contributed by atoms with Crippen molar-refractivity contribution in [1.82, 2.24) is 4.98 Å². The number of hydrogen-bond donors (Lipinski definition) is 0. The Morgan fingerprint density at radius 1 is 0.690 bits per heavy atom. The van der Waals surface area contributed by atoms with Crippen LogP contribution in [0, 0.1) is 35.0 Å². The van der Waals surface area contributed by atoms with E-state index in [-0.39, 0.29) is 51.7 Å². The van der Waals surface area contributed by atoms with E-state index in [9.17, 15) is 57.9 Å². The van der Waals surface area contributed by atoms with Gasteiger partial charge < -0.3 is 14.0 Å². The van der Waals surface area contributed by atoms with Crippen LogP contribution in [-0.2, 0) is 36.0 Å². The van der Waals surface area contributed by atoms with Gasteiger partial charge in [-0.2, -0.15) is 57.9 Å². The molecule has 4 heterocycles. The highest BCUT2D eigenvalue weighted by molar-refractivity contribution is 5.84. The summed E-state index contributed by atoms with van der Waals surface area (Å²) in [6, 6.07) is 21.1. The maximum Gasteiger partial charge on any atom is 0.416 e. The standard InChI is InChI=1S/C54H44F12N3O2/c1-3-4-17-71-50(46-13-15-68-48-12-11-45(70-2)28-47(46)48)49-25-35-14-16-69(49,31-36(35)10-9-32-5-7-33(29-67)8-6-32)30-34-18-37(39-21-41(51(55,56)57)26-42(22-39)52(58,59)60)20-38(19-34)40-23-43(53(61,62)63)27-44(24-40)54(64,65)66/h5-8,11-13,15,18-24,26-28,35-36,49-50H,3-4,14,16-17,25,30-31H2,1-2H3/q+1/t35-,36-,49-,50-,69+/m0/s1. The van der Waals surface area contributed by atoms with Crippen LogP contribution < -0.4 is 4.74 Å². The van der Waals surface area contributed by atoms with Gasteiger partial charge in [0.25, 0.3) is 0 Å². The molecule has 370 valence electrons. The van der Waals surface area contributed by atoms with Gasteiger partial charge in [-0.25, -0.2) is 0 Å². The minimum absolute atomic E-state index is 0.00415. The SMILES string of the molecule is CCCCO[C@@H](c1ccnc2ccc(OC)cc12)[C@@H]1C[C@@H]2CC[N@@+]1(Cc1cc(-c3cc(C(F)(F)F)cc(C(F)(F)F)c3)cc(-c3cc(C(F)(F)F)cc(C(F)(F)F)c3)c1)C[C@@H]2C#Cc1ccc(C#N)cc1. The zero-order valence-electron chi connectivity index (χ0n) is 38.1. The van der Waals surface area contributed by atoms with Crippen LogP contribution in [0.2, 0.25) is 0 Å². The summed E-state index contributed by atoms with van der Waals surface area (Å²) in [5.41, 5.74) is -5.80. The van der Waals surface area contributed by atoms with Gasteiger partial charge >= 0.3 is 24.7 Å². The van der Waals surface area contributed by atoms with E-state index < -0.39 is 70.2 Å². The molecule has 5 nitrogen and oxygen atoms in total. The number of benzene rings is 5. The van der Waals surface area contributed by atoms with Gasteiger partial charge in [-0.1, -0.05) is 25.2 Å². The molecule has 9 rings (SSSR count). The Hall–Kier alpha value is -6.56. The Labute approximate surface area is 401 Å². The van der Waals surface area contributed by atoms with E-state index in [1.54, 1.807) is 42.6 Å². The van der Waals surface area contributed by atoms with E-state index >= 15 is 0 Å². The fourth-order valence-corrected chi connectivity index (χ4v) is 10.0. The molecule has 17 heteroatoms. The molecule has 0 aliphatic carbocycles. The number of aromatic nitrogens is 1. The largest absolute Gasteiger partial charge is 0.497 e. The third-order valence-corrected chi connectivity index (χ3v) is 13.5. The summed E-state index contributed by atoms with van der Waals surface area (Å²) < 4.78 is 184. The van der Waals surface area contributed by atoms with E-state index in [0.29, 0.717) is 85.6 Å². The summed E-state index contributed by atoms with van der Waals surface area (Å²) in [7, 11) is 1.52. The van der Waals surface area contributed by atoms with Crippen molar-refractivity contribution in [2.75, 3.05) is 26.8 Å². The number of unbranched alkanes of at least 4 members (excludes halogenated alkanes) is 1. The maximum atomic E-state index is 14.3. The number of methoxy groups -OCH3 is 1. The van der Waals surface area contributed by atoms with E-state index in [2.05, 4.69) is 22.9 Å². The first-order valence-electron chi connectivity index (χ1n) is 22.6. The summed E-state index contributed by atoms with van der Waals surface area (Å²) in [6.07, 6.45) is -17.5. The number of piperidine rings is 3. The molecule has 0 N–H and O–H groups in total. The molecule has 3 saturated heterocycles. The highest BCUT2D eigenvalue weighted by Gasteiger charge is 2.55. The van der Waals surface area contributed by atoms with E-state index in [0.717, 1.165) is 23.4 Å². The number of rotatable bonds is 11. The van der Waals surface area contributed by atoms with Crippen molar-refractivity contribution < 1.29 is 66.6 Å². The quantitative estimate of drug-likeness (QED) is 0.0562. The van der Waals surface area contributed by atoms with Gasteiger partial charge in [0.1, 0.15) is 24.4 Å². The number of quaternary nitrogens is 1. The van der Waals surface area contributed by atoms with Crippen LogP contribution in [0.25, 0.3) is 33.2 Å². The highest BCUT2D eigenvalue weighted by atomic mass is 19.4. The number of nitrogens with zero attached hydrogens (tertiary/aromatic N) is 3. The number of halogens is 12. The van der Waals surface area contributed by atoms with Crippen LogP contribution >= 0.6 is 0 Å². The van der Waals surface area contributed by atoms with Crippen molar-refractivity contribution in [2.45, 2.75) is 76.0 Å². The molecular weight excluding hydrogens is 951 g/mol. The highest BCUT2D eigenvalue weighted by Crippen LogP contribution is 2.50. The third-order valence-electron chi connectivity index (χ3n) is 13.5. The zero-order chi connectivity index (χ0) is 51.1. The number of alkyl halides is 12. The molecule has 0 amide bonds. The minimum atomic E-state index is -5.27. The molecule has 3 aliphatic rings. The van der Waals surface area contributed by atoms with Crippen molar-refractivity contribution in [3.05, 3.63) is 154 Å². The smallest absolute Gasteiger partial charge is 0.416 e. The second-order valence-electron chi connectivity index (χ2n) is 18.1. The predicted octanol–water partition coefficient (Wildman–Crippen LogP) is 14.9. The van der Waals surface area contributed by atoms with Crippen LogP contribution in [0.5, 0.6) is 5.75 Å². The molecule has 0 radical (unpaired) electrons. The van der Waals surface area contributed by atoms with Crippen LogP contribution in [-0.4, -0.2) is 42.3 Å². The molecular formula is C54H44F12N3O2+. The van der Waals surface area contributed by atoms with E-state index in [1.807, 2.05) is 19.1 Å². The number of hydrogen-bond acceptors (Lipinski definition) is 4. The van der Waals surface area contributed by atoms with Gasteiger partial charge in [0.05, 0.1) is 65.5 Å². The van der Waals surface area contributed by atoms with Crippen molar-refractivity contribution in [1.29, 1.82) is 5.26 Å². The third kappa shape index (κ3) is 11.2. The number of fused-ring (bicyclic) bond motifs is 4. The number of ether oxygens (including phenoxy) is 2. The molecule has 0 spiro atoms. The Morgan fingerprint density at radius 3 is 1.76 bits per heavy atom. The Bertz CT molecular complexity index is 2880. The van der Waals surface area contributed by atoms with Crippen LogP contribution in [0.3, 0.4) is 0 Å². The van der Waals surface area contributed by atoms with Gasteiger partial charge in [0.2, 0.25) is 0 Å². The maximum absolute atomic E-state index is 14.3. The molecule has 1 aromatic heterocycles. The lowest BCUT2D eigenvalue weighted by Crippen LogP contribution is -2.67. The molecule has 0 unspecified atom stereocenters. The second kappa shape index (κ2) is 19.6. The fraction of sp³-hybridized carbons (Fsp3) is 0.333. The first-order valence-corrected chi connectivity index (χ1v) is 22.6. The molecule has 2 bridgehead atoms. The van der Waals surface area contributed by atoms with Crippen LogP contribution in [0.15, 0.2) is 109 Å². The molecule has 6 aromatic rings. The summed E-state index contributed by atoms with van der Waals surface area (Å²) in [4.78, 5) is 4.58. The van der Waals surface area contributed by atoms with Crippen molar-refractivity contribution in [2.24, 2.45) is 11.8 Å². The van der Waals surface area contributed by atoms with Gasteiger partial charge in [0.15, 0.2) is 0 Å². The zero-order valence-corrected chi connectivity index (χ0v) is 38.1. The Balaban J connectivity index is 1.36. The molecule has 5 atom stereocenters. The van der Waals surface area contributed by atoms with Crippen molar-refractivity contribution in [3.8, 4) is 45.9 Å². The fourth-order valence-electron chi connectivity index (χ4n) is 10.0. The van der Waals surface area contributed by atoms with Gasteiger partial charge in [-0.15, -0.1) is 0 Å². The van der Waals surface area contributed by atoms with Crippen LogP contribution in [0.1, 0.15) is 83.2 Å². The molecule has 71 heavy (non-hydrogen) atoms. The second-order valence-corrected chi connectivity index (χ2v) is 18.1. The lowest BCUT2D eigenvalue weighted by Gasteiger charge is -2.58. The topological polar surface area (TPSA) is 55.1 Å². The monoisotopic (exact) mass is 994 g/mol. The van der Waals surface area contributed by atoms with E-state index in [4.69, 9.17) is 9.47 Å². The van der Waals surface area contributed by atoms with Gasteiger partial charge in [-0.05, 0) is 143 Å². The Kier molecular flexibility index (Phi) is 14.0. The normalized spacial score (nSPS) is 19.8. The average Bonchev–Trinajstić information content (AvgIpc) is 3.33. The number of pyridine rings is 1. The molecule has 3 fully saturated rings. The summed E-state index contributed by atoms with van der Waals surface area (Å²) >= 11 is 0. The van der Waals surface area contributed by atoms with Crippen molar-refractivity contribution >= 4 is 10.9 Å². The first kappa shape index (κ1) is 50.8. The molecule has 5 aromatic carbocycles. The number of nitriles is 1. The molecule has 3 aliphatic heterocycles. The van der Waals surface area contributed by atoms with E-state index in [1.165, 1.54) is 19.2 Å². The predicted molar refractivity (Wildman–Crippen MR) is 241 cm³/mol. The van der Waals surface area contributed by atoms with Crippen LogP contribution in [0.4, 0.5) is 52.7 Å². The van der Waals surface area contributed by atoms with Crippen molar-refractivity contribution in [3.63, 3.8) is 0 Å². The van der Waals surface area contributed by atoms with Gasteiger partial charge in [-0.3, -0.25) is 4.98 Å². The average molecular weight is 995 g/mol. The summed E-state index contributed by atoms with van der Waals surface area (Å²) in [5.74, 6) is 6.91. The lowest BCUT2D eigenvalue weighted by atomic mass is 9.71.